The van der Waals surface area contributed by atoms with Crippen LogP contribution in [0.3, 0.4) is 0 Å². The molecule has 0 spiro atoms. The molecule has 0 aliphatic heterocycles. The molecule has 0 aliphatic carbocycles. The van der Waals surface area contributed by atoms with Crippen molar-refractivity contribution in [1.29, 1.82) is 0 Å². The summed E-state index contributed by atoms with van der Waals surface area (Å²) in [6.07, 6.45) is 1.41. The Labute approximate surface area is 96.8 Å². The SMILES string of the molecule is CCOC(=O)N[C@H](CC)Cc1ccccc1. The molecule has 1 N–H and O–H groups in total. The van der Waals surface area contributed by atoms with Gasteiger partial charge in [0.1, 0.15) is 0 Å². The van der Waals surface area contributed by atoms with E-state index in [0.717, 1.165) is 12.8 Å². The molecule has 0 saturated carbocycles. The highest BCUT2D eigenvalue weighted by atomic mass is 16.5. The first-order valence-electron chi connectivity index (χ1n) is 5.73. The second-order valence-electron chi connectivity index (χ2n) is 3.66. The highest BCUT2D eigenvalue weighted by Gasteiger charge is 2.11. The summed E-state index contributed by atoms with van der Waals surface area (Å²) in [4.78, 5) is 11.3. The summed E-state index contributed by atoms with van der Waals surface area (Å²) < 4.78 is 4.86. The molecule has 0 radical (unpaired) electrons. The Kier molecular flexibility index (Phi) is 5.40. The first-order valence-corrected chi connectivity index (χ1v) is 5.73. The Balaban J connectivity index is 2.46. The largest absolute Gasteiger partial charge is 0.450 e. The van der Waals surface area contributed by atoms with E-state index in [-0.39, 0.29) is 12.1 Å². The molecule has 1 rings (SSSR count). The van der Waals surface area contributed by atoms with Gasteiger partial charge in [0.05, 0.1) is 6.61 Å². The van der Waals surface area contributed by atoms with Crippen LogP contribution < -0.4 is 5.32 Å². The molecule has 1 amide bonds. The van der Waals surface area contributed by atoms with Gasteiger partial charge in [-0.2, -0.15) is 0 Å². The number of carbonyl (C=O) groups excluding carboxylic acids is 1. The second-order valence-corrected chi connectivity index (χ2v) is 3.66. The molecular weight excluding hydrogens is 202 g/mol. The molecule has 0 saturated heterocycles. The summed E-state index contributed by atoms with van der Waals surface area (Å²) in [5, 5.41) is 2.85. The zero-order valence-corrected chi connectivity index (χ0v) is 9.90. The lowest BCUT2D eigenvalue weighted by molar-refractivity contribution is 0.147. The van der Waals surface area contributed by atoms with Gasteiger partial charge in [0.15, 0.2) is 0 Å². The Morgan fingerprint density at radius 3 is 2.56 bits per heavy atom. The number of hydrogen-bond acceptors (Lipinski definition) is 2. The maximum atomic E-state index is 11.3. The van der Waals surface area contributed by atoms with Crippen molar-refractivity contribution in [3.8, 4) is 0 Å². The van der Waals surface area contributed by atoms with Crippen molar-refractivity contribution in [2.24, 2.45) is 0 Å². The highest BCUT2D eigenvalue weighted by Crippen LogP contribution is 2.05. The number of nitrogens with one attached hydrogen (secondary N) is 1. The van der Waals surface area contributed by atoms with Crippen LogP contribution in [-0.2, 0) is 11.2 Å². The van der Waals surface area contributed by atoms with Gasteiger partial charge in [-0.1, -0.05) is 37.3 Å². The average molecular weight is 221 g/mol. The molecule has 88 valence electrons. The monoisotopic (exact) mass is 221 g/mol. The van der Waals surface area contributed by atoms with Crippen molar-refractivity contribution in [3.63, 3.8) is 0 Å². The lowest BCUT2D eigenvalue weighted by Gasteiger charge is -2.16. The number of amides is 1. The molecule has 0 unspecified atom stereocenters. The zero-order valence-electron chi connectivity index (χ0n) is 9.90. The smallest absolute Gasteiger partial charge is 0.407 e. The minimum absolute atomic E-state index is 0.140. The molecule has 1 atom stereocenters. The maximum absolute atomic E-state index is 11.3. The van der Waals surface area contributed by atoms with E-state index in [2.05, 4.69) is 24.4 Å². The Morgan fingerprint density at radius 1 is 1.31 bits per heavy atom. The minimum atomic E-state index is -0.328. The van der Waals surface area contributed by atoms with Gasteiger partial charge in [0.25, 0.3) is 0 Å². The highest BCUT2D eigenvalue weighted by molar-refractivity contribution is 5.67. The van der Waals surface area contributed by atoms with Crippen molar-refractivity contribution in [1.82, 2.24) is 5.32 Å². The van der Waals surface area contributed by atoms with Crippen LogP contribution >= 0.6 is 0 Å². The summed E-state index contributed by atoms with van der Waals surface area (Å²) in [5.74, 6) is 0. The first-order chi connectivity index (χ1) is 7.76. The maximum Gasteiger partial charge on any atom is 0.407 e. The van der Waals surface area contributed by atoms with E-state index in [9.17, 15) is 4.79 Å². The van der Waals surface area contributed by atoms with Crippen molar-refractivity contribution in [3.05, 3.63) is 35.9 Å². The van der Waals surface area contributed by atoms with Gasteiger partial charge >= 0.3 is 6.09 Å². The van der Waals surface area contributed by atoms with E-state index in [0.29, 0.717) is 6.61 Å². The van der Waals surface area contributed by atoms with Gasteiger partial charge < -0.3 is 10.1 Å². The van der Waals surface area contributed by atoms with Crippen molar-refractivity contribution < 1.29 is 9.53 Å². The number of ether oxygens (including phenoxy) is 1. The number of benzene rings is 1. The Morgan fingerprint density at radius 2 is 2.00 bits per heavy atom. The number of alkyl carbamates (subject to hydrolysis) is 1. The van der Waals surface area contributed by atoms with Crippen molar-refractivity contribution >= 4 is 6.09 Å². The zero-order chi connectivity index (χ0) is 11.8. The van der Waals surface area contributed by atoms with E-state index < -0.39 is 0 Å². The molecule has 0 aromatic heterocycles. The van der Waals surface area contributed by atoms with Gasteiger partial charge in [0.2, 0.25) is 0 Å². The van der Waals surface area contributed by atoms with E-state index in [4.69, 9.17) is 4.74 Å². The van der Waals surface area contributed by atoms with Gasteiger partial charge in [-0.15, -0.1) is 0 Å². The molecule has 3 nitrogen and oxygen atoms in total. The van der Waals surface area contributed by atoms with E-state index in [1.54, 1.807) is 6.92 Å². The lowest BCUT2D eigenvalue weighted by atomic mass is 10.0. The summed E-state index contributed by atoms with van der Waals surface area (Å²) in [6.45, 7) is 4.27. The molecule has 0 fully saturated rings. The minimum Gasteiger partial charge on any atom is -0.450 e. The first kappa shape index (κ1) is 12.6. The molecule has 1 aromatic rings. The van der Waals surface area contributed by atoms with E-state index in [1.807, 2.05) is 18.2 Å². The molecular formula is C13H19NO2. The summed E-state index contributed by atoms with van der Waals surface area (Å²) in [6, 6.07) is 10.3. The third-order valence-electron chi connectivity index (χ3n) is 2.42. The average Bonchev–Trinajstić information content (AvgIpc) is 2.30. The van der Waals surface area contributed by atoms with Gasteiger partial charge in [-0.3, -0.25) is 0 Å². The number of carbonyl (C=O) groups is 1. The Hall–Kier alpha value is -1.51. The van der Waals surface area contributed by atoms with Crippen LogP contribution in [0.4, 0.5) is 4.79 Å². The summed E-state index contributed by atoms with van der Waals surface area (Å²) >= 11 is 0. The van der Waals surface area contributed by atoms with E-state index in [1.165, 1.54) is 5.56 Å². The third kappa shape index (κ3) is 4.34. The van der Waals surface area contributed by atoms with Crippen LogP contribution in [0.1, 0.15) is 25.8 Å². The Bertz CT molecular complexity index is 311. The van der Waals surface area contributed by atoms with Crippen LogP contribution in [0.15, 0.2) is 30.3 Å². The summed E-state index contributed by atoms with van der Waals surface area (Å²) in [7, 11) is 0. The van der Waals surface area contributed by atoms with Crippen LogP contribution in [0.2, 0.25) is 0 Å². The summed E-state index contributed by atoms with van der Waals surface area (Å²) in [5.41, 5.74) is 1.23. The molecule has 0 aliphatic rings. The fraction of sp³-hybridized carbons (Fsp3) is 0.462. The molecule has 3 heteroatoms. The van der Waals surface area contributed by atoms with Crippen LogP contribution in [-0.4, -0.2) is 18.7 Å². The fourth-order valence-electron chi connectivity index (χ4n) is 1.54. The van der Waals surface area contributed by atoms with Gasteiger partial charge in [0, 0.05) is 6.04 Å². The second kappa shape index (κ2) is 6.88. The third-order valence-corrected chi connectivity index (χ3v) is 2.42. The van der Waals surface area contributed by atoms with Crippen LogP contribution in [0, 0.1) is 0 Å². The predicted molar refractivity (Wildman–Crippen MR) is 64.4 cm³/mol. The lowest BCUT2D eigenvalue weighted by Crippen LogP contribution is -2.36. The van der Waals surface area contributed by atoms with E-state index >= 15 is 0 Å². The van der Waals surface area contributed by atoms with Crippen LogP contribution in [0.5, 0.6) is 0 Å². The predicted octanol–water partition coefficient (Wildman–Crippen LogP) is 2.75. The molecule has 16 heavy (non-hydrogen) atoms. The standard InChI is InChI=1S/C13H19NO2/c1-3-12(14-13(15)16-4-2)10-11-8-6-5-7-9-11/h5-9,12H,3-4,10H2,1-2H3,(H,14,15)/t12-/m1/s1. The molecule has 0 heterocycles. The van der Waals surface area contributed by atoms with Crippen molar-refractivity contribution in [2.45, 2.75) is 32.7 Å². The quantitative estimate of drug-likeness (QED) is 0.830. The number of rotatable bonds is 5. The van der Waals surface area contributed by atoms with Gasteiger partial charge in [-0.05, 0) is 25.3 Å². The topological polar surface area (TPSA) is 38.3 Å². The van der Waals surface area contributed by atoms with Crippen LogP contribution in [0.25, 0.3) is 0 Å². The molecule has 1 aromatic carbocycles. The normalized spacial score (nSPS) is 11.9. The fourth-order valence-corrected chi connectivity index (χ4v) is 1.54. The number of hydrogen-bond donors (Lipinski definition) is 1. The van der Waals surface area contributed by atoms with Gasteiger partial charge in [-0.25, -0.2) is 4.79 Å². The van der Waals surface area contributed by atoms with Crippen molar-refractivity contribution in [2.75, 3.05) is 6.61 Å². The molecule has 0 bridgehead atoms.